The number of amides is 1. The summed E-state index contributed by atoms with van der Waals surface area (Å²) in [6.07, 6.45) is 0.477. The molecule has 5 nitrogen and oxygen atoms in total. The highest BCUT2D eigenvalue weighted by atomic mass is 32.2. The standard InChI is InChI=1S/C8H18N2O3S/c1-4-14(12,13)10-8(11)7(9)5-6(2)3/h6-7H,4-5,9H2,1-3H3,(H,10,11)/t7-/m1/s1. The number of rotatable bonds is 5. The Labute approximate surface area is 85.1 Å². The fourth-order valence-corrected chi connectivity index (χ4v) is 1.52. The molecule has 14 heavy (non-hydrogen) atoms. The van der Waals surface area contributed by atoms with E-state index in [-0.39, 0.29) is 11.7 Å². The van der Waals surface area contributed by atoms with Crippen LogP contribution >= 0.6 is 0 Å². The highest BCUT2D eigenvalue weighted by Crippen LogP contribution is 2.02. The van der Waals surface area contributed by atoms with Gasteiger partial charge in [-0.1, -0.05) is 13.8 Å². The zero-order valence-corrected chi connectivity index (χ0v) is 9.60. The van der Waals surface area contributed by atoms with Crippen molar-refractivity contribution >= 4 is 15.9 Å². The van der Waals surface area contributed by atoms with Crippen molar-refractivity contribution in [2.45, 2.75) is 33.2 Å². The topological polar surface area (TPSA) is 89.3 Å². The first kappa shape index (κ1) is 13.4. The Hall–Kier alpha value is -0.620. The van der Waals surface area contributed by atoms with Gasteiger partial charge >= 0.3 is 0 Å². The molecule has 0 aliphatic carbocycles. The first-order chi connectivity index (χ1) is 6.28. The van der Waals surface area contributed by atoms with E-state index in [2.05, 4.69) is 0 Å². The van der Waals surface area contributed by atoms with E-state index in [1.807, 2.05) is 18.6 Å². The molecular formula is C8H18N2O3S. The molecule has 0 bridgehead atoms. The number of carbonyl (C=O) groups excluding carboxylic acids is 1. The van der Waals surface area contributed by atoms with Crippen LogP contribution in [0.1, 0.15) is 27.2 Å². The highest BCUT2D eigenvalue weighted by Gasteiger charge is 2.19. The summed E-state index contributed by atoms with van der Waals surface area (Å²) in [6.45, 7) is 5.30. The third kappa shape index (κ3) is 5.18. The Balaban J connectivity index is 4.22. The van der Waals surface area contributed by atoms with Gasteiger partial charge in [0.25, 0.3) is 0 Å². The summed E-state index contributed by atoms with van der Waals surface area (Å²) in [5.74, 6) is -0.478. The lowest BCUT2D eigenvalue weighted by Gasteiger charge is -2.13. The molecule has 0 saturated heterocycles. The van der Waals surface area contributed by atoms with Crippen LogP contribution in [0, 0.1) is 5.92 Å². The number of hydrogen-bond donors (Lipinski definition) is 2. The number of nitrogens with one attached hydrogen (secondary N) is 1. The molecule has 0 fully saturated rings. The van der Waals surface area contributed by atoms with Crippen molar-refractivity contribution in [1.29, 1.82) is 0 Å². The minimum Gasteiger partial charge on any atom is -0.320 e. The summed E-state index contributed by atoms with van der Waals surface area (Å²) in [7, 11) is -3.48. The van der Waals surface area contributed by atoms with Gasteiger partial charge < -0.3 is 5.73 Å². The predicted molar refractivity (Wildman–Crippen MR) is 55.0 cm³/mol. The van der Waals surface area contributed by atoms with Gasteiger partial charge in [-0.3, -0.25) is 9.52 Å². The highest BCUT2D eigenvalue weighted by molar-refractivity contribution is 7.90. The second-order valence-electron chi connectivity index (χ2n) is 3.61. The molecule has 84 valence electrons. The average Bonchev–Trinajstić information content (AvgIpc) is 2.02. The van der Waals surface area contributed by atoms with Gasteiger partial charge in [-0.05, 0) is 19.3 Å². The molecule has 0 rings (SSSR count). The molecule has 0 aromatic heterocycles. The molecule has 0 spiro atoms. The number of carbonyl (C=O) groups is 1. The zero-order chi connectivity index (χ0) is 11.4. The van der Waals surface area contributed by atoms with E-state index in [0.717, 1.165) is 0 Å². The second-order valence-corrected chi connectivity index (χ2v) is 5.62. The lowest BCUT2D eigenvalue weighted by Crippen LogP contribution is -2.44. The Morgan fingerprint density at radius 1 is 1.43 bits per heavy atom. The molecule has 0 heterocycles. The maximum atomic E-state index is 11.2. The van der Waals surface area contributed by atoms with E-state index in [4.69, 9.17) is 5.73 Å². The van der Waals surface area contributed by atoms with Gasteiger partial charge in [0.1, 0.15) is 0 Å². The molecule has 1 amide bonds. The third-order valence-electron chi connectivity index (χ3n) is 1.70. The van der Waals surface area contributed by atoms with Gasteiger partial charge in [0.2, 0.25) is 15.9 Å². The van der Waals surface area contributed by atoms with Gasteiger partial charge in [0.05, 0.1) is 11.8 Å². The molecule has 6 heteroatoms. The van der Waals surface area contributed by atoms with Crippen LogP contribution in [0.25, 0.3) is 0 Å². The molecule has 0 aliphatic rings. The van der Waals surface area contributed by atoms with Crippen LogP contribution in [-0.2, 0) is 14.8 Å². The molecular weight excluding hydrogens is 204 g/mol. The lowest BCUT2D eigenvalue weighted by atomic mass is 10.0. The molecule has 0 aromatic rings. The maximum absolute atomic E-state index is 11.2. The Kier molecular flexibility index (Phi) is 5.07. The van der Waals surface area contributed by atoms with E-state index in [1.54, 1.807) is 0 Å². The van der Waals surface area contributed by atoms with Gasteiger partial charge in [-0.2, -0.15) is 0 Å². The van der Waals surface area contributed by atoms with E-state index in [0.29, 0.717) is 6.42 Å². The van der Waals surface area contributed by atoms with E-state index >= 15 is 0 Å². The number of sulfonamides is 1. The van der Waals surface area contributed by atoms with Crippen LogP contribution in [-0.4, -0.2) is 26.1 Å². The number of hydrogen-bond acceptors (Lipinski definition) is 4. The third-order valence-corrected chi connectivity index (χ3v) is 2.97. The van der Waals surface area contributed by atoms with Crippen molar-refractivity contribution in [1.82, 2.24) is 4.72 Å². The van der Waals surface area contributed by atoms with Crippen molar-refractivity contribution in [3.05, 3.63) is 0 Å². The minimum absolute atomic E-state index is 0.118. The van der Waals surface area contributed by atoms with Crippen molar-refractivity contribution in [2.75, 3.05) is 5.75 Å². The summed E-state index contributed by atoms with van der Waals surface area (Å²) in [5, 5.41) is 0. The maximum Gasteiger partial charge on any atom is 0.250 e. The van der Waals surface area contributed by atoms with Gasteiger partial charge in [-0.15, -0.1) is 0 Å². The molecule has 0 aliphatic heterocycles. The Morgan fingerprint density at radius 2 is 1.93 bits per heavy atom. The normalized spacial score (nSPS) is 14.1. The fraction of sp³-hybridized carbons (Fsp3) is 0.875. The molecule has 0 aromatic carbocycles. The summed E-state index contributed by atoms with van der Waals surface area (Å²) < 4.78 is 23.9. The molecule has 0 radical (unpaired) electrons. The van der Waals surface area contributed by atoms with E-state index in [9.17, 15) is 13.2 Å². The zero-order valence-electron chi connectivity index (χ0n) is 8.78. The fourth-order valence-electron chi connectivity index (χ4n) is 0.916. The van der Waals surface area contributed by atoms with Crippen LogP contribution in [0.15, 0.2) is 0 Å². The van der Waals surface area contributed by atoms with Crippen LogP contribution in [0.5, 0.6) is 0 Å². The van der Waals surface area contributed by atoms with Crippen molar-refractivity contribution in [3.8, 4) is 0 Å². The van der Waals surface area contributed by atoms with Gasteiger partial charge in [0.15, 0.2) is 0 Å². The monoisotopic (exact) mass is 222 g/mol. The summed E-state index contributed by atoms with van der Waals surface area (Å²) in [5.41, 5.74) is 5.50. The summed E-state index contributed by atoms with van der Waals surface area (Å²) in [6, 6.07) is -0.753. The average molecular weight is 222 g/mol. The van der Waals surface area contributed by atoms with E-state index in [1.165, 1.54) is 6.92 Å². The van der Waals surface area contributed by atoms with Crippen LogP contribution < -0.4 is 10.5 Å². The predicted octanol–water partition coefficient (Wildman–Crippen LogP) is -0.174. The van der Waals surface area contributed by atoms with Gasteiger partial charge in [0, 0.05) is 0 Å². The first-order valence-electron chi connectivity index (χ1n) is 4.58. The molecule has 3 N–H and O–H groups in total. The molecule has 0 unspecified atom stereocenters. The quantitative estimate of drug-likeness (QED) is 0.675. The van der Waals surface area contributed by atoms with Gasteiger partial charge in [-0.25, -0.2) is 8.42 Å². The molecule has 1 atom stereocenters. The lowest BCUT2D eigenvalue weighted by molar-refractivity contribution is -0.120. The minimum atomic E-state index is -3.48. The largest absolute Gasteiger partial charge is 0.320 e. The van der Waals surface area contributed by atoms with Crippen LogP contribution in [0.3, 0.4) is 0 Å². The van der Waals surface area contributed by atoms with Crippen molar-refractivity contribution < 1.29 is 13.2 Å². The van der Waals surface area contributed by atoms with E-state index < -0.39 is 22.0 Å². The second kappa shape index (κ2) is 5.31. The number of nitrogens with two attached hydrogens (primary N) is 1. The van der Waals surface area contributed by atoms with Crippen LogP contribution in [0.4, 0.5) is 0 Å². The molecule has 0 saturated carbocycles. The van der Waals surface area contributed by atoms with Crippen LogP contribution in [0.2, 0.25) is 0 Å². The summed E-state index contributed by atoms with van der Waals surface area (Å²) >= 11 is 0. The Bertz CT molecular complexity index is 285. The Morgan fingerprint density at radius 3 is 2.29 bits per heavy atom. The first-order valence-corrected chi connectivity index (χ1v) is 6.23. The SMILES string of the molecule is CCS(=O)(=O)NC(=O)[C@H](N)CC(C)C. The smallest absolute Gasteiger partial charge is 0.250 e. The van der Waals surface area contributed by atoms with Crippen molar-refractivity contribution in [2.24, 2.45) is 11.7 Å². The summed E-state index contributed by atoms with van der Waals surface area (Å²) in [4.78, 5) is 11.2. The van der Waals surface area contributed by atoms with Crippen molar-refractivity contribution in [3.63, 3.8) is 0 Å².